The van der Waals surface area contributed by atoms with Crippen molar-refractivity contribution < 1.29 is 14.0 Å². The van der Waals surface area contributed by atoms with Crippen LogP contribution in [0.25, 0.3) is 11.3 Å². The van der Waals surface area contributed by atoms with Gasteiger partial charge < -0.3 is 14.6 Å². The van der Waals surface area contributed by atoms with E-state index in [-0.39, 0.29) is 17.7 Å². The van der Waals surface area contributed by atoms with Crippen molar-refractivity contribution in [2.45, 2.75) is 12.8 Å². The van der Waals surface area contributed by atoms with Gasteiger partial charge in [-0.1, -0.05) is 18.2 Å². The van der Waals surface area contributed by atoms with Gasteiger partial charge in [0.1, 0.15) is 0 Å². The molecule has 0 radical (unpaired) electrons. The molecule has 27 heavy (non-hydrogen) atoms. The SMILES string of the molecule is O=C(Nc1cccc(-c2cnco2)c1)C1CCN(C(=O)c2cccs2)CC1. The van der Waals surface area contributed by atoms with Gasteiger partial charge in [0.25, 0.3) is 5.91 Å². The molecule has 1 aromatic carbocycles. The van der Waals surface area contributed by atoms with Gasteiger partial charge in [-0.25, -0.2) is 4.98 Å². The Kier molecular flexibility index (Phi) is 5.02. The average molecular weight is 381 g/mol. The lowest BCUT2D eigenvalue weighted by Crippen LogP contribution is -2.41. The molecule has 0 atom stereocenters. The number of hydrogen-bond donors (Lipinski definition) is 1. The van der Waals surface area contributed by atoms with Crippen molar-refractivity contribution in [2.75, 3.05) is 18.4 Å². The average Bonchev–Trinajstić information content (AvgIpc) is 3.42. The normalized spacial score (nSPS) is 14.9. The highest BCUT2D eigenvalue weighted by Gasteiger charge is 2.28. The Morgan fingerprint density at radius 1 is 1.19 bits per heavy atom. The fraction of sp³-hybridized carbons (Fsp3) is 0.250. The Balaban J connectivity index is 1.35. The number of carbonyl (C=O) groups excluding carboxylic acids is 2. The second-order valence-electron chi connectivity index (χ2n) is 6.48. The van der Waals surface area contributed by atoms with Gasteiger partial charge in [-0.05, 0) is 36.4 Å². The maximum atomic E-state index is 12.6. The second kappa shape index (κ2) is 7.75. The summed E-state index contributed by atoms with van der Waals surface area (Å²) in [7, 11) is 0. The van der Waals surface area contributed by atoms with Crippen LogP contribution >= 0.6 is 11.3 Å². The highest BCUT2D eigenvalue weighted by molar-refractivity contribution is 7.12. The molecular weight excluding hydrogens is 362 g/mol. The number of thiophene rings is 1. The molecule has 1 N–H and O–H groups in total. The summed E-state index contributed by atoms with van der Waals surface area (Å²) in [6.45, 7) is 1.21. The van der Waals surface area contributed by atoms with Crippen molar-refractivity contribution in [2.24, 2.45) is 5.92 Å². The molecule has 4 rings (SSSR count). The van der Waals surface area contributed by atoms with E-state index in [1.807, 2.05) is 46.7 Å². The fourth-order valence-electron chi connectivity index (χ4n) is 3.25. The van der Waals surface area contributed by atoms with Gasteiger partial charge in [-0.3, -0.25) is 9.59 Å². The largest absolute Gasteiger partial charge is 0.444 e. The first kappa shape index (κ1) is 17.5. The zero-order chi connectivity index (χ0) is 18.6. The summed E-state index contributed by atoms with van der Waals surface area (Å²) in [4.78, 5) is 31.5. The number of hydrogen-bond acceptors (Lipinski definition) is 5. The predicted octanol–water partition coefficient (Wildman–Crippen LogP) is 3.89. The maximum Gasteiger partial charge on any atom is 0.263 e. The Morgan fingerprint density at radius 3 is 2.74 bits per heavy atom. The number of piperidine rings is 1. The molecule has 1 aliphatic heterocycles. The van der Waals surface area contributed by atoms with Crippen LogP contribution in [0.1, 0.15) is 22.5 Å². The first-order chi connectivity index (χ1) is 13.2. The molecule has 138 valence electrons. The van der Waals surface area contributed by atoms with E-state index in [9.17, 15) is 9.59 Å². The minimum absolute atomic E-state index is 0.00653. The smallest absolute Gasteiger partial charge is 0.263 e. The quantitative estimate of drug-likeness (QED) is 0.744. The summed E-state index contributed by atoms with van der Waals surface area (Å²) in [6, 6.07) is 11.2. The van der Waals surface area contributed by atoms with Gasteiger partial charge in [-0.15, -0.1) is 11.3 Å². The van der Waals surface area contributed by atoms with Crippen LogP contribution in [0.5, 0.6) is 0 Å². The molecule has 1 aliphatic rings. The number of amides is 2. The van der Waals surface area contributed by atoms with E-state index in [1.165, 1.54) is 17.7 Å². The van der Waals surface area contributed by atoms with Crippen LogP contribution in [-0.2, 0) is 4.79 Å². The van der Waals surface area contributed by atoms with Crippen molar-refractivity contribution in [3.8, 4) is 11.3 Å². The zero-order valence-electron chi connectivity index (χ0n) is 14.6. The monoisotopic (exact) mass is 381 g/mol. The van der Waals surface area contributed by atoms with E-state index in [2.05, 4.69) is 10.3 Å². The lowest BCUT2D eigenvalue weighted by molar-refractivity contribution is -0.121. The lowest BCUT2D eigenvalue weighted by atomic mass is 9.95. The van der Waals surface area contributed by atoms with E-state index in [4.69, 9.17) is 4.42 Å². The number of anilines is 1. The van der Waals surface area contributed by atoms with Gasteiger partial charge in [0, 0.05) is 30.3 Å². The van der Waals surface area contributed by atoms with Crippen LogP contribution in [0.4, 0.5) is 5.69 Å². The number of nitrogens with zero attached hydrogens (tertiary/aromatic N) is 2. The summed E-state index contributed by atoms with van der Waals surface area (Å²) in [5.41, 5.74) is 1.59. The summed E-state index contributed by atoms with van der Waals surface area (Å²) >= 11 is 1.45. The molecule has 0 saturated carbocycles. The second-order valence-corrected chi connectivity index (χ2v) is 7.43. The summed E-state index contributed by atoms with van der Waals surface area (Å²) < 4.78 is 5.30. The number of likely N-dealkylation sites (tertiary alicyclic amines) is 1. The van der Waals surface area contributed by atoms with Gasteiger partial charge in [-0.2, -0.15) is 0 Å². The predicted molar refractivity (Wildman–Crippen MR) is 104 cm³/mol. The zero-order valence-corrected chi connectivity index (χ0v) is 15.4. The molecule has 0 unspecified atom stereocenters. The summed E-state index contributed by atoms with van der Waals surface area (Å²) in [5.74, 6) is 0.620. The summed E-state index contributed by atoms with van der Waals surface area (Å²) in [5, 5.41) is 4.89. The Morgan fingerprint density at radius 2 is 2.04 bits per heavy atom. The first-order valence-corrected chi connectivity index (χ1v) is 9.71. The van der Waals surface area contributed by atoms with E-state index in [0.29, 0.717) is 31.7 Å². The van der Waals surface area contributed by atoms with Crippen LogP contribution in [0.2, 0.25) is 0 Å². The van der Waals surface area contributed by atoms with Crippen LogP contribution in [0.15, 0.2) is 58.8 Å². The van der Waals surface area contributed by atoms with Crippen LogP contribution in [0.3, 0.4) is 0 Å². The standard InChI is InChI=1S/C20H19N3O3S/c24-19(22-16-4-1-3-15(11-16)17-12-21-13-26-17)14-6-8-23(9-7-14)20(25)18-5-2-10-27-18/h1-5,10-14H,6-9H2,(H,22,24). The highest BCUT2D eigenvalue weighted by Crippen LogP contribution is 2.25. The lowest BCUT2D eigenvalue weighted by Gasteiger charge is -2.31. The van der Waals surface area contributed by atoms with Crippen LogP contribution < -0.4 is 5.32 Å². The van der Waals surface area contributed by atoms with Crippen LogP contribution in [-0.4, -0.2) is 34.8 Å². The molecule has 3 aromatic rings. The van der Waals surface area contributed by atoms with Crippen molar-refractivity contribution in [1.29, 1.82) is 0 Å². The molecule has 2 amide bonds. The Labute approximate surface area is 160 Å². The number of rotatable bonds is 4. The highest BCUT2D eigenvalue weighted by atomic mass is 32.1. The van der Waals surface area contributed by atoms with E-state index >= 15 is 0 Å². The van der Waals surface area contributed by atoms with Crippen LogP contribution in [0, 0.1) is 5.92 Å². The molecule has 1 saturated heterocycles. The van der Waals surface area contributed by atoms with Gasteiger partial charge >= 0.3 is 0 Å². The number of benzene rings is 1. The number of carbonyl (C=O) groups is 2. The molecule has 0 spiro atoms. The molecule has 0 bridgehead atoms. The molecule has 0 aliphatic carbocycles. The minimum Gasteiger partial charge on any atom is -0.444 e. The van der Waals surface area contributed by atoms with E-state index in [1.54, 1.807) is 6.20 Å². The molecule has 6 nitrogen and oxygen atoms in total. The number of nitrogens with one attached hydrogen (secondary N) is 1. The van der Waals surface area contributed by atoms with Crippen molar-refractivity contribution in [1.82, 2.24) is 9.88 Å². The minimum atomic E-state index is -0.0914. The van der Waals surface area contributed by atoms with Gasteiger partial charge in [0.2, 0.25) is 5.91 Å². The van der Waals surface area contributed by atoms with Crippen molar-refractivity contribution in [3.05, 3.63) is 59.2 Å². The third-order valence-electron chi connectivity index (χ3n) is 4.73. The Bertz CT molecular complexity index is 914. The molecule has 3 heterocycles. The molecule has 7 heteroatoms. The molecule has 2 aromatic heterocycles. The Hall–Kier alpha value is -2.93. The number of aromatic nitrogens is 1. The van der Waals surface area contributed by atoms with Gasteiger partial charge in [0.05, 0.1) is 11.1 Å². The fourth-order valence-corrected chi connectivity index (χ4v) is 3.94. The van der Waals surface area contributed by atoms with E-state index in [0.717, 1.165) is 16.1 Å². The summed E-state index contributed by atoms with van der Waals surface area (Å²) in [6.07, 6.45) is 4.36. The van der Waals surface area contributed by atoms with E-state index < -0.39 is 0 Å². The third-order valence-corrected chi connectivity index (χ3v) is 5.59. The van der Waals surface area contributed by atoms with Gasteiger partial charge in [0.15, 0.2) is 12.2 Å². The number of oxazole rings is 1. The first-order valence-electron chi connectivity index (χ1n) is 8.83. The third kappa shape index (κ3) is 3.93. The van der Waals surface area contributed by atoms with Crippen molar-refractivity contribution in [3.63, 3.8) is 0 Å². The topological polar surface area (TPSA) is 75.4 Å². The maximum absolute atomic E-state index is 12.6. The van der Waals surface area contributed by atoms with Crippen molar-refractivity contribution >= 4 is 28.8 Å². The molecular formula is C20H19N3O3S. The molecule has 1 fully saturated rings.